The van der Waals surface area contributed by atoms with Gasteiger partial charge in [0.25, 0.3) is 0 Å². The fourth-order valence-electron chi connectivity index (χ4n) is 5.53. The normalized spacial score (nSPS) is 18.3. The third-order valence-electron chi connectivity index (χ3n) is 7.67. The second-order valence-electron chi connectivity index (χ2n) is 10.9. The average molecular weight is 552 g/mol. The molecule has 2 aliphatic rings. The molecule has 2 aliphatic heterocycles. The Kier molecular flexibility index (Phi) is 10.6. The van der Waals surface area contributed by atoms with Crippen molar-refractivity contribution < 1.29 is 22.7 Å². The van der Waals surface area contributed by atoms with Crippen LogP contribution in [-0.4, -0.2) is 119 Å². The summed E-state index contributed by atoms with van der Waals surface area (Å²) in [7, 11) is 3.17. The van der Waals surface area contributed by atoms with Crippen molar-refractivity contribution >= 4 is 21.8 Å². The number of ether oxygens (including phenoxy) is 1. The molecule has 3 rings (SSSR count). The fourth-order valence-corrected chi connectivity index (χ4v) is 7.10. The number of nitrogens with zero attached hydrogens (tertiary/aromatic N) is 4. The lowest BCUT2D eigenvalue weighted by Gasteiger charge is -2.42. The number of nitrogens with one attached hydrogen (secondary N) is 1. The van der Waals surface area contributed by atoms with Crippen molar-refractivity contribution in [3.63, 3.8) is 0 Å². The molecule has 0 spiro atoms. The smallest absolute Gasteiger partial charge is 0.243 e. The molecule has 1 aromatic carbocycles. The van der Waals surface area contributed by atoms with Crippen molar-refractivity contribution in [2.75, 3.05) is 67.5 Å². The van der Waals surface area contributed by atoms with E-state index in [4.69, 9.17) is 4.74 Å². The molecule has 0 saturated carbocycles. The second-order valence-corrected chi connectivity index (χ2v) is 12.9. The molecule has 2 heterocycles. The monoisotopic (exact) mass is 551 g/mol. The van der Waals surface area contributed by atoms with Gasteiger partial charge >= 0.3 is 0 Å². The summed E-state index contributed by atoms with van der Waals surface area (Å²) >= 11 is 0. The standard InChI is InChI=1S/C27H45N5O5S/c1-20-17-24(37-6)18-21(2)27(20)38(35,36)30(5)12-11-25(33)28-22-7-13-31(14-8-22)23-9-15-32(16-10-23)26(34)19-29(3)4/h17-18,22-23H,7-16,19H2,1-6H3,(H,28,33). The molecule has 0 aromatic heterocycles. The summed E-state index contributed by atoms with van der Waals surface area (Å²) in [5.74, 6) is 0.691. The maximum atomic E-state index is 13.2. The molecule has 0 bridgehead atoms. The summed E-state index contributed by atoms with van der Waals surface area (Å²) in [4.78, 5) is 31.6. The van der Waals surface area contributed by atoms with Crippen molar-refractivity contribution in [3.8, 4) is 5.75 Å². The molecule has 2 saturated heterocycles. The van der Waals surface area contributed by atoms with Gasteiger partial charge in [-0.15, -0.1) is 0 Å². The number of benzene rings is 1. The van der Waals surface area contributed by atoms with Gasteiger partial charge in [0.2, 0.25) is 21.8 Å². The Balaban J connectivity index is 1.42. The molecule has 0 unspecified atom stereocenters. The van der Waals surface area contributed by atoms with Crippen LogP contribution in [0.4, 0.5) is 0 Å². The molecular formula is C27H45N5O5S. The van der Waals surface area contributed by atoms with Gasteiger partial charge in [0.1, 0.15) is 5.75 Å². The Hall–Kier alpha value is -2.21. The number of likely N-dealkylation sites (tertiary alicyclic amines) is 2. The Labute approximate surface area is 228 Å². The summed E-state index contributed by atoms with van der Waals surface area (Å²) in [6.45, 7) is 7.53. The lowest BCUT2D eigenvalue weighted by atomic mass is 9.97. The molecule has 2 amide bonds. The number of piperidine rings is 2. The maximum absolute atomic E-state index is 13.2. The first-order valence-corrected chi connectivity index (χ1v) is 14.9. The van der Waals surface area contributed by atoms with Gasteiger partial charge in [-0.25, -0.2) is 12.7 Å². The third kappa shape index (κ3) is 7.68. The summed E-state index contributed by atoms with van der Waals surface area (Å²) in [5, 5.41) is 3.11. The van der Waals surface area contributed by atoms with Gasteiger partial charge in [0.05, 0.1) is 18.6 Å². The van der Waals surface area contributed by atoms with Gasteiger partial charge in [0, 0.05) is 58.3 Å². The second kappa shape index (κ2) is 13.2. The highest BCUT2D eigenvalue weighted by molar-refractivity contribution is 7.89. The van der Waals surface area contributed by atoms with E-state index in [2.05, 4.69) is 10.2 Å². The minimum absolute atomic E-state index is 0.105. The van der Waals surface area contributed by atoms with E-state index in [1.54, 1.807) is 33.1 Å². The number of carbonyl (C=O) groups excluding carboxylic acids is 2. The third-order valence-corrected chi connectivity index (χ3v) is 9.83. The van der Waals surface area contributed by atoms with Gasteiger partial charge in [-0.1, -0.05) is 0 Å². The quantitative estimate of drug-likeness (QED) is 0.470. The van der Waals surface area contributed by atoms with E-state index >= 15 is 0 Å². The van der Waals surface area contributed by atoms with Crippen LogP contribution in [0.3, 0.4) is 0 Å². The average Bonchev–Trinajstić information content (AvgIpc) is 2.86. The molecule has 214 valence electrons. The van der Waals surface area contributed by atoms with E-state index in [-0.39, 0.29) is 35.7 Å². The number of hydrogen-bond acceptors (Lipinski definition) is 7. The van der Waals surface area contributed by atoms with Crippen LogP contribution in [0.15, 0.2) is 17.0 Å². The first-order valence-electron chi connectivity index (χ1n) is 13.5. The van der Waals surface area contributed by atoms with Gasteiger partial charge in [0.15, 0.2) is 0 Å². The molecule has 11 heteroatoms. The first kappa shape index (κ1) is 30.3. The van der Waals surface area contributed by atoms with Crippen LogP contribution in [0.25, 0.3) is 0 Å². The summed E-state index contributed by atoms with van der Waals surface area (Å²) < 4.78 is 32.9. The number of rotatable bonds is 10. The van der Waals surface area contributed by atoms with E-state index in [0.717, 1.165) is 51.9 Å². The zero-order valence-electron chi connectivity index (χ0n) is 23.8. The van der Waals surface area contributed by atoms with E-state index in [1.165, 1.54) is 11.4 Å². The molecule has 0 aliphatic carbocycles. The van der Waals surface area contributed by atoms with Crippen LogP contribution in [0, 0.1) is 13.8 Å². The molecule has 10 nitrogen and oxygen atoms in total. The topological polar surface area (TPSA) is 102 Å². The highest BCUT2D eigenvalue weighted by Gasteiger charge is 2.31. The van der Waals surface area contributed by atoms with Gasteiger partial charge in [-0.05, 0) is 76.9 Å². The predicted octanol–water partition coefficient (Wildman–Crippen LogP) is 1.46. The molecule has 0 atom stereocenters. The van der Waals surface area contributed by atoms with Crippen LogP contribution < -0.4 is 10.1 Å². The molecular weight excluding hydrogens is 506 g/mol. The van der Waals surface area contributed by atoms with Crippen molar-refractivity contribution in [2.45, 2.75) is 62.9 Å². The largest absolute Gasteiger partial charge is 0.497 e. The minimum Gasteiger partial charge on any atom is -0.497 e. The Morgan fingerprint density at radius 1 is 1.00 bits per heavy atom. The number of hydrogen-bond donors (Lipinski definition) is 1. The van der Waals surface area contributed by atoms with Crippen LogP contribution in [0.1, 0.15) is 43.2 Å². The van der Waals surface area contributed by atoms with Crippen molar-refractivity contribution in [1.82, 2.24) is 24.3 Å². The lowest BCUT2D eigenvalue weighted by Crippen LogP contribution is -2.52. The van der Waals surface area contributed by atoms with Crippen LogP contribution in [-0.2, 0) is 19.6 Å². The van der Waals surface area contributed by atoms with E-state index in [0.29, 0.717) is 29.5 Å². The number of amides is 2. The number of sulfonamides is 1. The van der Waals surface area contributed by atoms with E-state index in [9.17, 15) is 18.0 Å². The maximum Gasteiger partial charge on any atom is 0.243 e. The lowest BCUT2D eigenvalue weighted by molar-refractivity contribution is -0.133. The van der Waals surface area contributed by atoms with E-state index < -0.39 is 10.0 Å². The van der Waals surface area contributed by atoms with Gasteiger partial charge in [-0.2, -0.15) is 0 Å². The van der Waals surface area contributed by atoms with E-state index in [1.807, 2.05) is 23.9 Å². The Morgan fingerprint density at radius 3 is 2.11 bits per heavy atom. The number of aryl methyl sites for hydroxylation is 2. The summed E-state index contributed by atoms with van der Waals surface area (Å²) in [5.41, 5.74) is 1.24. The molecule has 1 aromatic rings. The van der Waals surface area contributed by atoms with Gasteiger partial charge in [-0.3, -0.25) is 9.59 Å². The molecule has 0 radical (unpaired) electrons. The zero-order chi connectivity index (χ0) is 28.0. The van der Waals surface area contributed by atoms with Crippen molar-refractivity contribution in [3.05, 3.63) is 23.3 Å². The first-order chi connectivity index (χ1) is 17.9. The number of methoxy groups -OCH3 is 1. The Morgan fingerprint density at radius 2 is 1.58 bits per heavy atom. The summed E-state index contributed by atoms with van der Waals surface area (Å²) in [6.07, 6.45) is 3.85. The predicted molar refractivity (Wildman–Crippen MR) is 148 cm³/mol. The van der Waals surface area contributed by atoms with Crippen molar-refractivity contribution in [1.29, 1.82) is 0 Å². The number of carbonyl (C=O) groups is 2. The Bertz CT molecular complexity index is 1050. The summed E-state index contributed by atoms with van der Waals surface area (Å²) in [6, 6.07) is 4.01. The molecule has 38 heavy (non-hydrogen) atoms. The minimum atomic E-state index is -3.73. The zero-order valence-corrected chi connectivity index (χ0v) is 24.6. The van der Waals surface area contributed by atoms with Crippen LogP contribution in [0.2, 0.25) is 0 Å². The van der Waals surface area contributed by atoms with Crippen molar-refractivity contribution in [2.24, 2.45) is 0 Å². The highest BCUT2D eigenvalue weighted by atomic mass is 32.2. The van der Waals surface area contributed by atoms with Crippen LogP contribution in [0.5, 0.6) is 5.75 Å². The molecule has 2 fully saturated rings. The number of likely N-dealkylation sites (N-methyl/N-ethyl adjacent to an activating group) is 1. The molecule has 1 N–H and O–H groups in total. The van der Waals surface area contributed by atoms with Gasteiger partial charge < -0.3 is 24.8 Å². The fraction of sp³-hybridized carbons (Fsp3) is 0.704. The highest BCUT2D eigenvalue weighted by Crippen LogP contribution is 2.28. The van der Waals surface area contributed by atoms with Crippen LogP contribution >= 0.6 is 0 Å². The SMILES string of the molecule is COc1cc(C)c(S(=O)(=O)N(C)CCC(=O)NC2CCN(C3CCN(C(=O)CN(C)C)CC3)CC2)c(C)c1.